The summed E-state index contributed by atoms with van der Waals surface area (Å²) in [6.07, 6.45) is 11.6. The maximum Gasteiger partial charge on any atom is 0.239 e. The number of amidine groups is 1. The predicted octanol–water partition coefficient (Wildman–Crippen LogP) is 3.01. The lowest BCUT2D eigenvalue weighted by Gasteiger charge is -2.18. The molecule has 1 amide bonds. The summed E-state index contributed by atoms with van der Waals surface area (Å²) in [7, 11) is 0. The molecule has 3 rings (SSSR count). The van der Waals surface area contributed by atoms with Gasteiger partial charge in [0.25, 0.3) is 0 Å². The van der Waals surface area contributed by atoms with Gasteiger partial charge in [0.05, 0.1) is 18.0 Å². The highest BCUT2D eigenvalue weighted by atomic mass is 32.2. The molecule has 132 valence electrons. The molecule has 5 nitrogen and oxygen atoms in total. The number of allylic oxidation sites excluding steroid dienone is 2. The van der Waals surface area contributed by atoms with Crippen molar-refractivity contribution in [2.24, 2.45) is 0 Å². The quantitative estimate of drug-likeness (QED) is 0.787. The molecule has 1 saturated heterocycles. The molecule has 1 aliphatic heterocycles. The lowest BCUT2D eigenvalue weighted by Crippen LogP contribution is -2.24. The summed E-state index contributed by atoms with van der Waals surface area (Å²) in [5, 5.41) is 10.1. The van der Waals surface area contributed by atoms with E-state index in [2.05, 4.69) is 41.5 Å². The summed E-state index contributed by atoms with van der Waals surface area (Å²) >= 11 is 1.29. The fraction of sp³-hybridized carbons (Fsp3) is 0.421. The highest BCUT2D eigenvalue weighted by molar-refractivity contribution is 8.15. The van der Waals surface area contributed by atoms with Crippen LogP contribution >= 0.6 is 11.8 Å². The Bertz CT molecular complexity index is 697. The molecule has 25 heavy (non-hydrogen) atoms. The number of carbonyl (C=O) groups excluding carboxylic acids is 1. The highest BCUT2D eigenvalue weighted by Crippen LogP contribution is 2.27. The smallest absolute Gasteiger partial charge is 0.239 e. The first-order valence-corrected chi connectivity index (χ1v) is 9.50. The van der Waals surface area contributed by atoms with Gasteiger partial charge in [-0.05, 0) is 30.9 Å². The summed E-state index contributed by atoms with van der Waals surface area (Å²) in [6.45, 7) is 2.77. The van der Waals surface area contributed by atoms with Gasteiger partial charge >= 0.3 is 0 Å². The lowest BCUT2D eigenvalue weighted by molar-refractivity contribution is -0.118. The molecule has 1 aromatic rings. The molecule has 2 heterocycles. The van der Waals surface area contributed by atoms with E-state index in [-0.39, 0.29) is 22.4 Å². The van der Waals surface area contributed by atoms with Crippen LogP contribution in [0.15, 0.2) is 42.1 Å². The fourth-order valence-corrected chi connectivity index (χ4v) is 3.70. The van der Waals surface area contributed by atoms with Gasteiger partial charge < -0.3 is 10.1 Å². The highest BCUT2D eigenvalue weighted by Gasteiger charge is 2.29. The molecule has 0 spiro atoms. The van der Waals surface area contributed by atoms with Crippen LogP contribution in [0, 0.1) is 5.41 Å². The van der Waals surface area contributed by atoms with Gasteiger partial charge in [0.1, 0.15) is 0 Å². The van der Waals surface area contributed by atoms with Crippen LogP contribution < -0.4 is 5.32 Å². The second-order valence-electron chi connectivity index (χ2n) is 6.17. The average Bonchev–Trinajstić information content (AvgIpc) is 2.94. The van der Waals surface area contributed by atoms with E-state index < -0.39 is 0 Å². The van der Waals surface area contributed by atoms with Crippen molar-refractivity contribution < 1.29 is 9.53 Å². The fourth-order valence-electron chi connectivity index (χ4n) is 2.81. The number of aryl methyl sites for hydroxylation is 1. The summed E-state index contributed by atoms with van der Waals surface area (Å²) < 4.78 is 5.91. The molecule has 0 radical (unpaired) electrons. The molecular formula is C19H23N3O2S. The first kappa shape index (κ1) is 17.9. The monoisotopic (exact) mass is 357 g/mol. The summed E-state index contributed by atoms with van der Waals surface area (Å²) in [5.41, 5.74) is 3.45. The number of nitrogens with one attached hydrogen (secondary N) is 2. The molecule has 1 fully saturated rings. The van der Waals surface area contributed by atoms with Crippen molar-refractivity contribution in [1.29, 1.82) is 5.41 Å². The molecule has 2 atom stereocenters. The van der Waals surface area contributed by atoms with E-state index in [0.717, 1.165) is 30.5 Å². The SMILES string of the molecule is CCc1ccc(CCOC2C=CC(CC3SC(=N)NC3=O)=CC2)nc1. The number of aromatic nitrogens is 1. The molecule has 2 N–H and O–H groups in total. The Morgan fingerprint density at radius 3 is 2.92 bits per heavy atom. The Hall–Kier alpha value is -1.92. The van der Waals surface area contributed by atoms with Crippen molar-refractivity contribution >= 4 is 22.8 Å². The van der Waals surface area contributed by atoms with Crippen molar-refractivity contribution in [3.8, 4) is 0 Å². The molecule has 6 heteroatoms. The minimum atomic E-state index is -0.182. The number of nitrogens with zero attached hydrogens (tertiary/aromatic N) is 1. The summed E-state index contributed by atoms with van der Waals surface area (Å²) in [5.74, 6) is -0.0655. The zero-order valence-electron chi connectivity index (χ0n) is 14.3. The number of hydrogen-bond donors (Lipinski definition) is 2. The van der Waals surface area contributed by atoms with E-state index >= 15 is 0 Å². The third-order valence-electron chi connectivity index (χ3n) is 4.33. The van der Waals surface area contributed by atoms with E-state index in [9.17, 15) is 4.79 Å². The Morgan fingerprint density at radius 2 is 2.32 bits per heavy atom. The van der Waals surface area contributed by atoms with Crippen LogP contribution in [0.2, 0.25) is 0 Å². The predicted molar refractivity (Wildman–Crippen MR) is 101 cm³/mol. The van der Waals surface area contributed by atoms with Crippen molar-refractivity contribution in [1.82, 2.24) is 10.3 Å². The van der Waals surface area contributed by atoms with Crippen LogP contribution in [0.4, 0.5) is 0 Å². The van der Waals surface area contributed by atoms with Crippen LogP contribution in [-0.2, 0) is 22.4 Å². The normalized spacial score (nSPS) is 22.8. The minimum absolute atomic E-state index is 0.0655. The van der Waals surface area contributed by atoms with Gasteiger partial charge in [-0.25, -0.2) is 0 Å². The largest absolute Gasteiger partial charge is 0.373 e. The van der Waals surface area contributed by atoms with Crippen LogP contribution in [0.1, 0.15) is 31.0 Å². The molecular weight excluding hydrogens is 334 g/mol. The van der Waals surface area contributed by atoms with Crippen molar-refractivity contribution in [2.45, 2.75) is 44.0 Å². The zero-order chi connectivity index (χ0) is 17.6. The topological polar surface area (TPSA) is 75.1 Å². The van der Waals surface area contributed by atoms with Gasteiger partial charge in [-0.15, -0.1) is 0 Å². The first-order chi connectivity index (χ1) is 12.1. The van der Waals surface area contributed by atoms with Gasteiger partial charge in [-0.3, -0.25) is 15.2 Å². The summed E-state index contributed by atoms with van der Waals surface area (Å²) in [4.78, 5) is 16.1. The Morgan fingerprint density at radius 1 is 1.44 bits per heavy atom. The van der Waals surface area contributed by atoms with Crippen LogP contribution in [0.25, 0.3) is 0 Å². The van der Waals surface area contributed by atoms with Crippen molar-refractivity contribution in [3.05, 3.63) is 53.4 Å². The van der Waals surface area contributed by atoms with E-state index in [4.69, 9.17) is 10.1 Å². The number of pyridine rings is 1. The van der Waals surface area contributed by atoms with E-state index in [0.29, 0.717) is 13.0 Å². The molecule has 2 unspecified atom stereocenters. The van der Waals surface area contributed by atoms with E-state index in [1.807, 2.05) is 12.3 Å². The Kier molecular flexibility index (Phi) is 6.04. The molecule has 1 aliphatic carbocycles. The third kappa shape index (κ3) is 5.03. The second kappa shape index (κ2) is 8.45. The van der Waals surface area contributed by atoms with E-state index in [1.54, 1.807) is 0 Å². The summed E-state index contributed by atoms with van der Waals surface area (Å²) in [6, 6.07) is 4.19. The molecule has 2 aliphatic rings. The minimum Gasteiger partial charge on any atom is -0.373 e. The van der Waals surface area contributed by atoms with Gasteiger partial charge in [-0.1, -0.05) is 48.6 Å². The molecule has 0 saturated carbocycles. The second-order valence-corrected chi connectivity index (χ2v) is 7.39. The third-order valence-corrected chi connectivity index (χ3v) is 5.34. The van der Waals surface area contributed by atoms with Gasteiger partial charge in [0.15, 0.2) is 5.17 Å². The standard InChI is InChI=1S/C19H23N3O2S/c1-2-13-3-6-15(21-12-13)9-10-24-16-7-4-14(5-8-16)11-17-18(23)22-19(20)25-17/h3-7,12,16-17H,2,8-11H2,1H3,(H2,20,22,23). The maximum absolute atomic E-state index is 11.7. The molecule has 0 aromatic carbocycles. The van der Waals surface area contributed by atoms with Crippen LogP contribution in [0.3, 0.4) is 0 Å². The molecule has 1 aromatic heterocycles. The Labute approximate surface area is 152 Å². The van der Waals surface area contributed by atoms with Gasteiger partial charge in [0, 0.05) is 18.3 Å². The number of hydrogen-bond acceptors (Lipinski definition) is 5. The lowest BCUT2D eigenvalue weighted by atomic mass is 10.0. The number of ether oxygens (including phenoxy) is 1. The van der Waals surface area contributed by atoms with Crippen LogP contribution in [-0.4, -0.2) is 34.0 Å². The van der Waals surface area contributed by atoms with Crippen molar-refractivity contribution in [2.75, 3.05) is 6.61 Å². The Balaban J connectivity index is 1.40. The van der Waals surface area contributed by atoms with Crippen molar-refractivity contribution in [3.63, 3.8) is 0 Å². The maximum atomic E-state index is 11.7. The number of thioether (sulfide) groups is 1. The van der Waals surface area contributed by atoms with Gasteiger partial charge in [-0.2, -0.15) is 0 Å². The number of carbonyl (C=O) groups is 1. The number of rotatable bonds is 7. The van der Waals surface area contributed by atoms with Crippen LogP contribution in [0.5, 0.6) is 0 Å². The molecule has 0 bridgehead atoms. The average molecular weight is 357 g/mol. The first-order valence-electron chi connectivity index (χ1n) is 8.62. The number of amides is 1. The van der Waals surface area contributed by atoms with E-state index in [1.165, 1.54) is 17.3 Å². The van der Waals surface area contributed by atoms with Gasteiger partial charge in [0.2, 0.25) is 5.91 Å². The zero-order valence-corrected chi connectivity index (χ0v) is 15.1.